The third-order valence-corrected chi connectivity index (χ3v) is 5.10. The molecule has 0 radical (unpaired) electrons. The van der Waals surface area contributed by atoms with Crippen LogP contribution in [0.25, 0.3) is 16.6 Å². The lowest BCUT2D eigenvalue weighted by Crippen LogP contribution is -2.14. The van der Waals surface area contributed by atoms with E-state index in [-0.39, 0.29) is 11.7 Å². The summed E-state index contributed by atoms with van der Waals surface area (Å²) in [6.45, 7) is 0. The maximum atomic E-state index is 12.3. The Hall–Kier alpha value is -3.39. The molecule has 4 rings (SSSR count). The van der Waals surface area contributed by atoms with E-state index in [1.807, 2.05) is 40.8 Å². The van der Waals surface area contributed by atoms with Crippen LogP contribution >= 0.6 is 11.8 Å². The van der Waals surface area contributed by atoms with Gasteiger partial charge in [-0.25, -0.2) is 4.79 Å². The molecule has 0 aliphatic heterocycles. The number of benzene rings is 2. The fourth-order valence-electron chi connectivity index (χ4n) is 2.84. The molecule has 0 fully saturated rings. The van der Waals surface area contributed by atoms with Crippen LogP contribution in [0.4, 0.5) is 5.69 Å². The van der Waals surface area contributed by atoms with Crippen LogP contribution in [0.1, 0.15) is 10.4 Å². The van der Waals surface area contributed by atoms with Gasteiger partial charge < -0.3 is 10.1 Å². The van der Waals surface area contributed by atoms with Crippen LogP contribution in [0.2, 0.25) is 0 Å². The topological polar surface area (TPSA) is 85.6 Å². The van der Waals surface area contributed by atoms with E-state index < -0.39 is 5.97 Å². The number of carbonyl (C=O) groups is 2. The molecule has 1 N–H and O–H groups in total. The first kappa shape index (κ1) is 18.0. The molecular weight excluding hydrogens is 376 g/mol. The molecule has 0 aliphatic rings. The van der Waals surface area contributed by atoms with Crippen molar-refractivity contribution < 1.29 is 14.3 Å². The number of fused-ring (bicyclic) bond motifs is 3. The third-order valence-electron chi connectivity index (χ3n) is 4.17. The normalized spacial score (nSPS) is 10.9. The Balaban J connectivity index is 1.46. The Kier molecular flexibility index (Phi) is 4.94. The predicted molar refractivity (Wildman–Crippen MR) is 108 cm³/mol. The molecule has 1 amide bonds. The fraction of sp³-hybridized carbons (Fsp3) is 0.100. The van der Waals surface area contributed by atoms with Crippen LogP contribution in [0.5, 0.6) is 0 Å². The van der Waals surface area contributed by atoms with E-state index in [2.05, 4.69) is 20.3 Å². The molecule has 2 heterocycles. The van der Waals surface area contributed by atoms with Crippen LogP contribution in [0.3, 0.4) is 0 Å². The van der Waals surface area contributed by atoms with Gasteiger partial charge in [-0.15, -0.1) is 10.2 Å². The summed E-state index contributed by atoms with van der Waals surface area (Å²) in [7, 11) is 1.33. The summed E-state index contributed by atoms with van der Waals surface area (Å²) in [5, 5.41) is 12.9. The minimum absolute atomic E-state index is 0.173. The van der Waals surface area contributed by atoms with Crippen molar-refractivity contribution in [3.8, 4) is 0 Å². The van der Waals surface area contributed by atoms with Crippen molar-refractivity contribution in [1.82, 2.24) is 14.6 Å². The summed E-state index contributed by atoms with van der Waals surface area (Å²) in [6.07, 6.45) is 0. The van der Waals surface area contributed by atoms with Gasteiger partial charge in [-0.3, -0.25) is 9.20 Å². The molecule has 2 aromatic heterocycles. The Bertz CT molecular complexity index is 1170. The average molecular weight is 392 g/mol. The van der Waals surface area contributed by atoms with Crippen molar-refractivity contribution >= 4 is 45.9 Å². The predicted octanol–water partition coefficient (Wildman–Crippen LogP) is 3.40. The molecule has 0 atom stereocenters. The number of aromatic nitrogens is 3. The molecule has 0 saturated heterocycles. The van der Waals surface area contributed by atoms with Gasteiger partial charge in [0.15, 0.2) is 10.8 Å². The maximum absolute atomic E-state index is 12.3. The van der Waals surface area contributed by atoms with Gasteiger partial charge in [-0.05, 0) is 47.9 Å². The summed E-state index contributed by atoms with van der Waals surface area (Å²) in [4.78, 5) is 23.8. The van der Waals surface area contributed by atoms with Crippen LogP contribution in [-0.4, -0.2) is 39.3 Å². The summed E-state index contributed by atoms with van der Waals surface area (Å²) >= 11 is 1.31. The van der Waals surface area contributed by atoms with Gasteiger partial charge in [0.05, 0.1) is 23.9 Å². The van der Waals surface area contributed by atoms with Crippen molar-refractivity contribution in [2.75, 3.05) is 18.2 Å². The van der Waals surface area contributed by atoms with Gasteiger partial charge in [-0.2, -0.15) is 0 Å². The molecule has 0 spiro atoms. The van der Waals surface area contributed by atoms with Gasteiger partial charge >= 0.3 is 5.97 Å². The molecule has 140 valence electrons. The van der Waals surface area contributed by atoms with Crippen molar-refractivity contribution in [2.45, 2.75) is 5.16 Å². The first-order valence-corrected chi connectivity index (χ1v) is 9.48. The number of rotatable bonds is 5. The smallest absolute Gasteiger partial charge is 0.337 e. The molecule has 0 aliphatic carbocycles. The van der Waals surface area contributed by atoms with E-state index in [1.165, 1.54) is 18.9 Å². The first-order valence-electron chi connectivity index (χ1n) is 8.49. The Labute approximate surface area is 164 Å². The molecule has 0 unspecified atom stereocenters. The minimum Gasteiger partial charge on any atom is -0.465 e. The summed E-state index contributed by atoms with van der Waals surface area (Å²) in [5.41, 5.74) is 2.76. The number of methoxy groups -OCH3 is 1. The van der Waals surface area contributed by atoms with Crippen LogP contribution in [-0.2, 0) is 9.53 Å². The average Bonchev–Trinajstić information content (AvgIpc) is 3.16. The lowest BCUT2D eigenvalue weighted by Gasteiger charge is -2.06. The number of carbonyl (C=O) groups excluding carboxylic acids is 2. The zero-order valence-corrected chi connectivity index (χ0v) is 15.8. The lowest BCUT2D eigenvalue weighted by atomic mass is 10.2. The summed E-state index contributed by atoms with van der Waals surface area (Å²) in [5.74, 6) is -0.407. The third kappa shape index (κ3) is 3.54. The number of amides is 1. The highest BCUT2D eigenvalue weighted by molar-refractivity contribution is 7.99. The standard InChI is InChI=1S/C20H16N4O3S/c1-27-19(26)14-6-9-15(10-7-14)21-18(25)12-28-20-23-22-17-11-8-13-4-2-3-5-16(13)24(17)20/h2-11H,12H2,1H3,(H,21,25). The van der Waals surface area contributed by atoms with Gasteiger partial charge in [-0.1, -0.05) is 30.0 Å². The largest absolute Gasteiger partial charge is 0.465 e. The van der Waals surface area contributed by atoms with Gasteiger partial charge in [0, 0.05) is 5.69 Å². The van der Waals surface area contributed by atoms with Gasteiger partial charge in [0.1, 0.15) is 0 Å². The maximum Gasteiger partial charge on any atom is 0.337 e. The number of nitrogens with zero attached hydrogens (tertiary/aromatic N) is 3. The summed E-state index contributed by atoms with van der Waals surface area (Å²) in [6, 6.07) is 18.4. The van der Waals surface area contributed by atoms with E-state index in [4.69, 9.17) is 0 Å². The number of esters is 1. The molecule has 4 aromatic rings. The van der Waals surface area contributed by atoms with E-state index in [1.54, 1.807) is 24.3 Å². The van der Waals surface area contributed by atoms with Gasteiger partial charge in [0.25, 0.3) is 0 Å². The molecule has 7 nitrogen and oxygen atoms in total. The highest BCUT2D eigenvalue weighted by Gasteiger charge is 2.12. The number of para-hydroxylation sites is 1. The van der Waals surface area contributed by atoms with Crippen molar-refractivity contribution in [2.24, 2.45) is 0 Å². The number of nitrogens with one attached hydrogen (secondary N) is 1. The Morgan fingerprint density at radius 1 is 1.04 bits per heavy atom. The van der Waals surface area contributed by atoms with Crippen LogP contribution in [0, 0.1) is 0 Å². The fourth-order valence-corrected chi connectivity index (χ4v) is 3.59. The zero-order valence-electron chi connectivity index (χ0n) is 15.0. The number of hydrogen-bond acceptors (Lipinski definition) is 6. The van der Waals surface area contributed by atoms with E-state index in [0.717, 1.165) is 16.6 Å². The Morgan fingerprint density at radius 2 is 1.82 bits per heavy atom. The summed E-state index contributed by atoms with van der Waals surface area (Å²) < 4.78 is 6.60. The monoisotopic (exact) mass is 392 g/mol. The highest BCUT2D eigenvalue weighted by Crippen LogP contribution is 2.23. The second-order valence-corrected chi connectivity index (χ2v) is 6.92. The molecule has 2 aromatic carbocycles. The van der Waals surface area contributed by atoms with E-state index >= 15 is 0 Å². The quantitative estimate of drug-likeness (QED) is 0.414. The molecule has 0 bridgehead atoms. The lowest BCUT2D eigenvalue weighted by molar-refractivity contribution is -0.113. The van der Waals surface area contributed by atoms with Crippen LogP contribution < -0.4 is 5.32 Å². The number of ether oxygens (including phenoxy) is 1. The number of pyridine rings is 1. The first-order chi connectivity index (χ1) is 13.7. The molecule has 28 heavy (non-hydrogen) atoms. The second kappa shape index (κ2) is 7.69. The highest BCUT2D eigenvalue weighted by atomic mass is 32.2. The Morgan fingerprint density at radius 3 is 2.61 bits per heavy atom. The SMILES string of the molecule is COC(=O)c1ccc(NC(=O)CSc2nnc3ccc4ccccc4n23)cc1. The van der Waals surface area contributed by atoms with Gasteiger partial charge in [0.2, 0.25) is 5.91 Å². The van der Waals surface area contributed by atoms with Crippen molar-refractivity contribution in [1.29, 1.82) is 0 Å². The number of anilines is 1. The molecular formula is C20H16N4O3S. The number of thioether (sulfide) groups is 1. The van der Waals surface area contributed by atoms with E-state index in [9.17, 15) is 9.59 Å². The van der Waals surface area contributed by atoms with E-state index in [0.29, 0.717) is 16.4 Å². The van der Waals surface area contributed by atoms with Crippen molar-refractivity contribution in [3.05, 3.63) is 66.2 Å². The minimum atomic E-state index is -0.417. The van der Waals surface area contributed by atoms with Crippen LogP contribution in [0.15, 0.2) is 65.8 Å². The molecule has 0 saturated carbocycles. The number of hydrogen-bond donors (Lipinski definition) is 1. The molecule has 8 heteroatoms. The second-order valence-electron chi connectivity index (χ2n) is 5.97. The zero-order chi connectivity index (χ0) is 19.5. The van der Waals surface area contributed by atoms with Crippen molar-refractivity contribution in [3.63, 3.8) is 0 Å².